The number of carbonyl (C=O) groups is 1. The molecule has 0 saturated carbocycles. The van der Waals surface area contributed by atoms with E-state index >= 15 is 0 Å². The van der Waals surface area contributed by atoms with E-state index in [2.05, 4.69) is 10.0 Å². The van der Waals surface area contributed by atoms with E-state index < -0.39 is 10.0 Å². The van der Waals surface area contributed by atoms with Gasteiger partial charge in [-0.2, -0.15) is 0 Å². The quantitative estimate of drug-likeness (QED) is 0.823. The molecule has 7 nitrogen and oxygen atoms in total. The molecular formula is C17H18N2O5S. The highest BCUT2D eigenvalue weighted by Crippen LogP contribution is 2.34. The minimum Gasteiger partial charge on any atom is -0.454 e. The first-order chi connectivity index (χ1) is 12.0. The van der Waals surface area contributed by atoms with Crippen molar-refractivity contribution < 1.29 is 22.7 Å². The Morgan fingerprint density at radius 3 is 2.52 bits per heavy atom. The standard InChI is InChI=1S/C17H18N2O5S/c1-2-9-18-25(21,22)14-6-3-12(4-7-14)17(20)19-13-5-8-15-16(10-13)24-11-23-15/h3-8,10,18H,2,9,11H2,1H3,(H,19,20). The van der Waals surface area contributed by atoms with E-state index in [-0.39, 0.29) is 17.6 Å². The van der Waals surface area contributed by atoms with E-state index in [0.29, 0.717) is 35.7 Å². The van der Waals surface area contributed by atoms with E-state index in [1.54, 1.807) is 18.2 Å². The number of nitrogens with one attached hydrogen (secondary N) is 2. The third-order valence-electron chi connectivity index (χ3n) is 3.60. The van der Waals surface area contributed by atoms with Crippen LogP contribution in [-0.4, -0.2) is 27.7 Å². The molecule has 0 unspecified atom stereocenters. The molecule has 0 fully saturated rings. The van der Waals surface area contributed by atoms with Crippen LogP contribution in [0.3, 0.4) is 0 Å². The Morgan fingerprint density at radius 1 is 1.08 bits per heavy atom. The van der Waals surface area contributed by atoms with Crippen LogP contribution in [0, 0.1) is 0 Å². The minimum atomic E-state index is -3.54. The fourth-order valence-electron chi connectivity index (χ4n) is 2.28. The summed E-state index contributed by atoms with van der Waals surface area (Å²) in [5.74, 6) is 0.859. The third-order valence-corrected chi connectivity index (χ3v) is 5.08. The number of rotatable bonds is 6. The van der Waals surface area contributed by atoms with Gasteiger partial charge in [-0.3, -0.25) is 4.79 Å². The second-order valence-electron chi connectivity index (χ2n) is 5.44. The molecule has 0 aliphatic carbocycles. The van der Waals surface area contributed by atoms with Crippen molar-refractivity contribution in [2.45, 2.75) is 18.2 Å². The van der Waals surface area contributed by atoms with Crippen LogP contribution in [-0.2, 0) is 10.0 Å². The zero-order valence-electron chi connectivity index (χ0n) is 13.6. The van der Waals surface area contributed by atoms with Crippen LogP contribution >= 0.6 is 0 Å². The molecule has 1 aliphatic heterocycles. The molecule has 0 radical (unpaired) electrons. The van der Waals surface area contributed by atoms with Gasteiger partial charge in [0.15, 0.2) is 11.5 Å². The normalized spacial score (nSPS) is 12.8. The van der Waals surface area contributed by atoms with Crippen LogP contribution in [0.1, 0.15) is 23.7 Å². The molecule has 1 heterocycles. The van der Waals surface area contributed by atoms with Crippen molar-refractivity contribution in [3.8, 4) is 11.5 Å². The number of carbonyl (C=O) groups excluding carboxylic acids is 1. The molecule has 25 heavy (non-hydrogen) atoms. The van der Waals surface area contributed by atoms with E-state index in [1.165, 1.54) is 24.3 Å². The predicted octanol–water partition coefficient (Wildman–Crippen LogP) is 2.36. The van der Waals surface area contributed by atoms with Crippen LogP contribution in [0.2, 0.25) is 0 Å². The molecule has 2 N–H and O–H groups in total. The summed E-state index contributed by atoms with van der Waals surface area (Å²) in [6.45, 7) is 2.41. The Hall–Kier alpha value is -2.58. The van der Waals surface area contributed by atoms with Gasteiger partial charge in [-0.25, -0.2) is 13.1 Å². The maximum Gasteiger partial charge on any atom is 0.255 e. The molecule has 2 aromatic carbocycles. The molecule has 0 saturated heterocycles. The number of hydrogen-bond acceptors (Lipinski definition) is 5. The van der Waals surface area contributed by atoms with Crippen molar-refractivity contribution in [2.24, 2.45) is 0 Å². The second-order valence-corrected chi connectivity index (χ2v) is 7.21. The summed E-state index contributed by atoms with van der Waals surface area (Å²) in [7, 11) is -3.54. The van der Waals surface area contributed by atoms with Gasteiger partial charge in [-0.1, -0.05) is 6.92 Å². The highest BCUT2D eigenvalue weighted by molar-refractivity contribution is 7.89. The maximum absolute atomic E-state index is 12.3. The van der Waals surface area contributed by atoms with Crippen molar-refractivity contribution in [3.63, 3.8) is 0 Å². The first-order valence-corrected chi connectivity index (χ1v) is 9.28. The number of hydrogen-bond donors (Lipinski definition) is 2. The molecule has 0 aromatic heterocycles. The topological polar surface area (TPSA) is 93.7 Å². The van der Waals surface area contributed by atoms with Crippen LogP contribution in [0.15, 0.2) is 47.4 Å². The Bertz CT molecular complexity index is 878. The zero-order chi connectivity index (χ0) is 17.9. The van der Waals surface area contributed by atoms with Crippen molar-refractivity contribution >= 4 is 21.6 Å². The zero-order valence-corrected chi connectivity index (χ0v) is 14.4. The van der Waals surface area contributed by atoms with Crippen LogP contribution in [0.25, 0.3) is 0 Å². The van der Waals surface area contributed by atoms with Crippen molar-refractivity contribution in [1.29, 1.82) is 0 Å². The lowest BCUT2D eigenvalue weighted by atomic mass is 10.2. The molecule has 0 atom stereocenters. The van der Waals surface area contributed by atoms with E-state index in [4.69, 9.17) is 9.47 Å². The van der Waals surface area contributed by atoms with Crippen molar-refractivity contribution in [2.75, 3.05) is 18.7 Å². The molecule has 1 amide bonds. The van der Waals surface area contributed by atoms with Gasteiger partial charge in [0.25, 0.3) is 5.91 Å². The SMILES string of the molecule is CCCNS(=O)(=O)c1ccc(C(=O)Nc2ccc3c(c2)OCO3)cc1. The van der Waals surface area contributed by atoms with Crippen molar-refractivity contribution in [3.05, 3.63) is 48.0 Å². The number of sulfonamides is 1. The molecule has 0 bridgehead atoms. The lowest BCUT2D eigenvalue weighted by molar-refractivity contribution is 0.102. The first kappa shape index (κ1) is 17.2. The first-order valence-electron chi connectivity index (χ1n) is 7.80. The van der Waals surface area contributed by atoms with Gasteiger partial charge in [-0.15, -0.1) is 0 Å². The monoisotopic (exact) mass is 362 g/mol. The van der Waals surface area contributed by atoms with Crippen LogP contribution in [0.5, 0.6) is 11.5 Å². The number of fused-ring (bicyclic) bond motifs is 1. The van der Waals surface area contributed by atoms with Crippen molar-refractivity contribution in [1.82, 2.24) is 4.72 Å². The fourth-order valence-corrected chi connectivity index (χ4v) is 3.42. The van der Waals surface area contributed by atoms with E-state index in [1.807, 2.05) is 6.92 Å². The molecular weight excluding hydrogens is 344 g/mol. The molecule has 8 heteroatoms. The number of ether oxygens (including phenoxy) is 2. The third kappa shape index (κ3) is 3.92. The van der Waals surface area contributed by atoms with Gasteiger partial charge in [0.2, 0.25) is 16.8 Å². The second kappa shape index (κ2) is 7.12. The summed E-state index contributed by atoms with van der Waals surface area (Å²) in [5, 5.41) is 2.74. The molecule has 132 valence electrons. The largest absolute Gasteiger partial charge is 0.454 e. The Labute approximate surface area is 146 Å². The molecule has 2 aromatic rings. The fraction of sp³-hybridized carbons (Fsp3) is 0.235. The summed E-state index contributed by atoms with van der Waals surface area (Å²) in [6, 6.07) is 10.9. The van der Waals surface area contributed by atoms with Gasteiger partial charge in [0, 0.05) is 23.9 Å². The summed E-state index contributed by atoms with van der Waals surface area (Å²) in [4.78, 5) is 12.4. The Balaban J connectivity index is 1.70. The Morgan fingerprint density at radius 2 is 1.80 bits per heavy atom. The van der Waals surface area contributed by atoms with Gasteiger partial charge in [0.05, 0.1) is 4.90 Å². The van der Waals surface area contributed by atoms with Crippen LogP contribution < -0.4 is 19.5 Å². The minimum absolute atomic E-state index is 0.126. The molecule has 1 aliphatic rings. The lowest BCUT2D eigenvalue weighted by Gasteiger charge is -2.08. The van der Waals surface area contributed by atoms with E-state index in [9.17, 15) is 13.2 Å². The number of amides is 1. The summed E-state index contributed by atoms with van der Waals surface area (Å²) in [5.41, 5.74) is 0.919. The highest BCUT2D eigenvalue weighted by atomic mass is 32.2. The summed E-state index contributed by atoms with van der Waals surface area (Å²) < 4.78 is 37.0. The van der Waals surface area contributed by atoms with E-state index in [0.717, 1.165) is 0 Å². The summed E-state index contributed by atoms with van der Waals surface area (Å²) in [6.07, 6.45) is 0.704. The average molecular weight is 362 g/mol. The van der Waals surface area contributed by atoms with Gasteiger partial charge >= 0.3 is 0 Å². The summed E-state index contributed by atoms with van der Waals surface area (Å²) >= 11 is 0. The smallest absolute Gasteiger partial charge is 0.255 e. The number of benzene rings is 2. The highest BCUT2D eigenvalue weighted by Gasteiger charge is 2.16. The van der Waals surface area contributed by atoms with Gasteiger partial charge in [-0.05, 0) is 42.8 Å². The van der Waals surface area contributed by atoms with Gasteiger partial charge < -0.3 is 14.8 Å². The molecule has 3 rings (SSSR count). The van der Waals surface area contributed by atoms with Gasteiger partial charge in [0.1, 0.15) is 0 Å². The number of anilines is 1. The molecule has 0 spiro atoms. The average Bonchev–Trinajstić information content (AvgIpc) is 3.08. The predicted molar refractivity (Wildman–Crippen MR) is 92.4 cm³/mol. The lowest BCUT2D eigenvalue weighted by Crippen LogP contribution is -2.24. The maximum atomic E-state index is 12.3. The Kier molecular flexibility index (Phi) is 4.91. The van der Waals surface area contributed by atoms with Crippen LogP contribution in [0.4, 0.5) is 5.69 Å².